The first-order valence-electron chi connectivity index (χ1n) is 10.8. The number of hydrogen-bond acceptors (Lipinski definition) is 5. The van der Waals surface area contributed by atoms with Crippen molar-refractivity contribution in [3.05, 3.63) is 90.0 Å². The summed E-state index contributed by atoms with van der Waals surface area (Å²) >= 11 is 0. The fraction of sp³-hybridized carbons (Fsp3) is 0.154. The summed E-state index contributed by atoms with van der Waals surface area (Å²) in [5.74, 6) is -2.90. The Labute approximate surface area is 210 Å². The number of hydrogen-bond donors (Lipinski definition) is 3. The highest BCUT2D eigenvalue weighted by Gasteiger charge is 2.49. The minimum atomic E-state index is -5.08. The smallest absolute Gasteiger partial charge is 0.475 e. The number of anilines is 1. The van der Waals surface area contributed by atoms with Crippen molar-refractivity contribution in [1.29, 1.82) is 0 Å². The molecule has 192 valence electrons. The Kier molecular flexibility index (Phi) is 7.66. The molecule has 0 bridgehead atoms. The van der Waals surface area contributed by atoms with Crippen LogP contribution in [0.1, 0.15) is 18.1 Å². The van der Waals surface area contributed by atoms with Crippen LogP contribution in [-0.2, 0) is 19.9 Å². The van der Waals surface area contributed by atoms with Crippen LogP contribution in [0.3, 0.4) is 0 Å². The van der Waals surface area contributed by atoms with Crippen molar-refractivity contribution in [2.45, 2.75) is 18.6 Å². The molecule has 0 aromatic heterocycles. The monoisotopic (exact) mass is 512 g/mol. The van der Waals surface area contributed by atoms with Crippen LogP contribution in [0.5, 0.6) is 0 Å². The molecule has 1 unspecified atom stereocenters. The first-order chi connectivity index (χ1) is 17.4. The van der Waals surface area contributed by atoms with Crippen molar-refractivity contribution >= 4 is 29.4 Å². The van der Waals surface area contributed by atoms with E-state index in [0.717, 1.165) is 22.3 Å². The van der Waals surface area contributed by atoms with Gasteiger partial charge in [-0.25, -0.2) is 9.79 Å². The number of nitrogens with two attached hydrogens (primary N) is 1. The van der Waals surface area contributed by atoms with E-state index in [4.69, 9.17) is 15.6 Å². The number of nitrogens with one attached hydrogen (secondary N) is 1. The summed E-state index contributed by atoms with van der Waals surface area (Å²) in [5, 5.41) is 9.92. The van der Waals surface area contributed by atoms with Crippen LogP contribution >= 0.6 is 0 Å². The summed E-state index contributed by atoms with van der Waals surface area (Å²) in [5.41, 5.74) is 8.84. The number of alkyl halides is 3. The fourth-order valence-electron chi connectivity index (χ4n) is 3.77. The van der Waals surface area contributed by atoms with E-state index in [9.17, 15) is 22.8 Å². The number of carbonyl (C=O) groups excluding carboxylic acids is 2. The molecule has 1 aliphatic heterocycles. The maximum atomic E-state index is 13.3. The lowest BCUT2D eigenvalue weighted by Gasteiger charge is -2.26. The molecule has 0 fully saturated rings. The quantitative estimate of drug-likeness (QED) is 0.488. The van der Waals surface area contributed by atoms with Gasteiger partial charge in [-0.15, -0.1) is 0 Å². The van der Waals surface area contributed by atoms with Gasteiger partial charge in [0, 0.05) is 19.7 Å². The number of halogens is 3. The van der Waals surface area contributed by atoms with Crippen molar-refractivity contribution < 1.29 is 32.7 Å². The number of nitrogens with zero attached hydrogens (tertiary/aromatic N) is 2. The zero-order chi connectivity index (χ0) is 27.4. The van der Waals surface area contributed by atoms with E-state index in [1.165, 1.54) is 11.8 Å². The van der Waals surface area contributed by atoms with E-state index in [1.54, 1.807) is 7.05 Å². The second-order valence-electron chi connectivity index (χ2n) is 8.06. The molecule has 37 heavy (non-hydrogen) atoms. The normalized spacial score (nSPS) is 16.9. The molecular weight excluding hydrogens is 489 g/mol. The van der Waals surface area contributed by atoms with Gasteiger partial charge in [-0.2, -0.15) is 13.2 Å². The van der Waals surface area contributed by atoms with Crippen LogP contribution in [0.4, 0.5) is 18.9 Å². The Hall–Kier alpha value is -4.67. The highest BCUT2D eigenvalue weighted by Crippen LogP contribution is 2.40. The molecule has 11 heteroatoms. The van der Waals surface area contributed by atoms with Gasteiger partial charge in [-0.05, 0) is 40.5 Å². The van der Waals surface area contributed by atoms with Gasteiger partial charge in [-0.3, -0.25) is 14.5 Å². The summed E-state index contributed by atoms with van der Waals surface area (Å²) in [4.78, 5) is 39.7. The average molecular weight is 512 g/mol. The van der Waals surface area contributed by atoms with Gasteiger partial charge in [0.15, 0.2) is 11.5 Å². The lowest BCUT2D eigenvalue weighted by Crippen LogP contribution is -2.41. The van der Waals surface area contributed by atoms with Crippen LogP contribution in [0.15, 0.2) is 83.9 Å². The summed E-state index contributed by atoms with van der Waals surface area (Å²) in [6.45, 7) is 1.47. The summed E-state index contributed by atoms with van der Waals surface area (Å²) < 4.78 is 31.7. The largest absolute Gasteiger partial charge is 0.490 e. The predicted octanol–water partition coefficient (Wildman–Crippen LogP) is 3.98. The Bertz CT molecular complexity index is 1360. The number of rotatable bonds is 4. The molecule has 1 heterocycles. The molecule has 4 rings (SSSR count). The van der Waals surface area contributed by atoms with Crippen molar-refractivity contribution in [2.75, 3.05) is 12.4 Å². The van der Waals surface area contributed by atoms with Gasteiger partial charge >= 0.3 is 12.1 Å². The standard InChI is InChI=1S/C24H22N4O2.C2HF3O2/c1-16(29)26-21-13-7-9-18(15-21)17-8-6-12-20(14-17)24(19-10-4-3-5-11-19)22(30)28(2)23(25)27-24;3-2(4,5)1(6)7/h3-15H,1-2H3,(H2,25,27)(H,26,29);(H,6,7). The van der Waals surface area contributed by atoms with Gasteiger partial charge in [-0.1, -0.05) is 60.7 Å². The van der Waals surface area contributed by atoms with E-state index in [2.05, 4.69) is 10.3 Å². The van der Waals surface area contributed by atoms with Gasteiger partial charge < -0.3 is 16.2 Å². The maximum absolute atomic E-state index is 13.3. The Morgan fingerprint density at radius 3 is 2.00 bits per heavy atom. The molecule has 0 spiro atoms. The highest BCUT2D eigenvalue weighted by molar-refractivity contribution is 6.09. The van der Waals surface area contributed by atoms with Crippen molar-refractivity contribution in [3.8, 4) is 11.1 Å². The molecule has 0 saturated carbocycles. The van der Waals surface area contributed by atoms with Gasteiger partial charge in [0.2, 0.25) is 5.91 Å². The second kappa shape index (κ2) is 10.5. The third kappa shape index (κ3) is 5.77. The fourth-order valence-corrected chi connectivity index (χ4v) is 3.77. The number of amides is 2. The van der Waals surface area contributed by atoms with Crippen LogP contribution in [0.25, 0.3) is 11.1 Å². The SMILES string of the molecule is CC(=O)Nc1cccc(-c2cccc(C3(c4ccccc4)N=C(N)N(C)C3=O)c2)c1.O=C(O)C(F)(F)F. The minimum absolute atomic E-state index is 0.131. The summed E-state index contributed by atoms with van der Waals surface area (Å²) in [6.07, 6.45) is -5.08. The van der Waals surface area contributed by atoms with E-state index < -0.39 is 17.7 Å². The first kappa shape index (κ1) is 26.9. The predicted molar refractivity (Wildman–Crippen MR) is 131 cm³/mol. The third-order valence-electron chi connectivity index (χ3n) is 5.47. The molecule has 3 aromatic rings. The molecule has 0 aliphatic carbocycles. The number of carbonyl (C=O) groups is 3. The maximum Gasteiger partial charge on any atom is 0.490 e. The van der Waals surface area contributed by atoms with Gasteiger partial charge in [0.1, 0.15) is 0 Å². The second-order valence-corrected chi connectivity index (χ2v) is 8.06. The third-order valence-corrected chi connectivity index (χ3v) is 5.47. The molecule has 0 radical (unpaired) electrons. The number of aliphatic imine (C=N–C) groups is 1. The van der Waals surface area contributed by atoms with E-state index in [1.807, 2.05) is 78.9 Å². The zero-order valence-corrected chi connectivity index (χ0v) is 19.8. The Balaban J connectivity index is 0.000000479. The van der Waals surface area contributed by atoms with Crippen LogP contribution in [-0.4, -0.2) is 47.0 Å². The number of aliphatic carboxylic acids is 1. The minimum Gasteiger partial charge on any atom is -0.475 e. The van der Waals surface area contributed by atoms with Crippen LogP contribution < -0.4 is 11.1 Å². The summed E-state index contributed by atoms with van der Waals surface area (Å²) in [6, 6.07) is 24.7. The molecule has 2 amide bonds. The Morgan fingerprint density at radius 2 is 1.49 bits per heavy atom. The molecule has 0 saturated heterocycles. The molecule has 1 aliphatic rings. The molecule has 1 atom stereocenters. The zero-order valence-electron chi connectivity index (χ0n) is 19.8. The van der Waals surface area contributed by atoms with Gasteiger partial charge in [0.25, 0.3) is 5.91 Å². The van der Waals surface area contributed by atoms with Crippen LogP contribution in [0, 0.1) is 0 Å². The van der Waals surface area contributed by atoms with E-state index >= 15 is 0 Å². The average Bonchev–Trinajstić information content (AvgIpc) is 3.09. The van der Waals surface area contributed by atoms with E-state index in [-0.39, 0.29) is 17.8 Å². The number of carboxylic acid groups (broad SMARTS) is 1. The topological polar surface area (TPSA) is 125 Å². The Morgan fingerprint density at radius 1 is 0.946 bits per heavy atom. The van der Waals surface area contributed by atoms with Crippen molar-refractivity contribution in [1.82, 2.24) is 4.90 Å². The molecule has 4 N–H and O–H groups in total. The van der Waals surface area contributed by atoms with Crippen molar-refractivity contribution in [3.63, 3.8) is 0 Å². The van der Waals surface area contributed by atoms with Crippen LogP contribution in [0.2, 0.25) is 0 Å². The summed E-state index contributed by atoms with van der Waals surface area (Å²) in [7, 11) is 1.63. The lowest BCUT2D eigenvalue weighted by molar-refractivity contribution is -0.192. The number of benzene rings is 3. The van der Waals surface area contributed by atoms with Gasteiger partial charge in [0.05, 0.1) is 0 Å². The highest BCUT2D eigenvalue weighted by atomic mass is 19.4. The lowest BCUT2D eigenvalue weighted by atomic mass is 9.82. The number of likely N-dealkylation sites (N-methyl/N-ethyl adjacent to an activating group) is 1. The number of guanidine groups is 1. The molecular formula is C26H23F3N4O4. The number of carboxylic acids is 1. The molecule has 3 aromatic carbocycles. The van der Waals surface area contributed by atoms with Crippen molar-refractivity contribution in [2.24, 2.45) is 10.7 Å². The first-order valence-corrected chi connectivity index (χ1v) is 10.8. The van der Waals surface area contributed by atoms with E-state index in [0.29, 0.717) is 5.69 Å². The molecule has 8 nitrogen and oxygen atoms in total.